The van der Waals surface area contributed by atoms with E-state index < -0.39 is 5.92 Å². The normalized spacial score (nSPS) is 20.2. The summed E-state index contributed by atoms with van der Waals surface area (Å²) in [5.41, 5.74) is 0. The Bertz CT molecular complexity index is 411. The van der Waals surface area contributed by atoms with Crippen LogP contribution in [0.25, 0.3) is 0 Å². The monoisotopic (exact) mass is 323 g/mol. The molecule has 1 saturated carbocycles. The standard InChI is InChI=1S/C11H12BrF2NOS/c12-8-3-6-17-9(8)10(16)15-7-1-4-11(13,14)5-2-7/h3,6-7H,1-2,4-5H2,(H,15,16). The molecule has 1 N–H and O–H groups in total. The predicted molar refractivity (Wildman–Crippen MR) is 66.7 cm³/mol. The van der Waals surface area contributed by atoms with Gasteiger partial charge in [-0.3, -0.25) is 4.79 Å². The molecule has 0 unspecified atom stereocenters. The average Bonchev–Trinajstić information content (AvgIpc) is 2.68. The first-order chi connectivity index (χ1) is 7.98. The summed E-state index contributed by atoms with van der Waals surface area (Å²) >= 11 is 4.62. The van der Waals surface area contributed by atoms with Crippen molar-refractivity contribution in [2.24, 2.45) is 0 Å². The lowest BCUT2D eigenvalue weighted by Crippen LogP contribution is -2.40. The van der Waals surface area contributed by atoms with Gasteiger partial charge in [-0.1, -0.05) is 0 Å². The molecule has 1 heterocycles. The van der Waals surface area contributed by atoms with Crippen LogP contribution in [0.3, 0.4) is 0 Å². The van der Waals surface area contributed by atoms with E-state index in [-0.39, 0.29) is 24.8 Å². The highest BCUT2D eigenvalue weighted by Crippen LogP contribution is 2.33. The van der Waals surface area contributed by atoms with E-state index in [2.05, 4.69) is 21.2 Å². The van der Waals surface area contributed by atoms with E-state index in [0.29, 0.717) is 17.7 Å². The summed E-state index contributed by atoms with van der Waals surface area (Å²) in [6, 6.07) is 1.67. The minimum atomic E-state index is -2.55. The van der Waals surface area contributed by atoms with E-state index in [4.69, 9.17) is 0 Å². The number of thiophene rings is 1. The molecule has 2 rings (SSSR count). The second-order valence-corrected chi connectivity index (χ2v) is 5.97. The second-order valence-electron chi connectivity index (χ2n) is 4.20. The maximum atomic E-state index is 12.9. The Morgan fingerprint density at radius 1 is 1.47 bits per heavy atom. The Kier molecular flexibility index (Phi) is 3.82. The lowest BCUT2D eigenvalue weighted by molar-refractivity contribution is -0.0399. The van der Waals surface area contributed by atoms with E-state index in [1.807, 2.05) is 5.38 Å². The molecule has 0 saturated heterocycles. The summed E-state index contributed by atoms with van der Waals surface area (Å²) in [6.07, 6.45) is 0.427. The predicted octanol–water partition coefficient (Wildman–Crippen LogP) is 3.82. The first-order valence-corrected chi connectivity index (χ1v) is 7.07. The zero-order valence-corrected chi connectivity index (χ0v) is 11.4. The molecule has 1 aromatic rings. The summed E-state index contributed by atoms with van der Waals surface area (Å²) in [5, 5.41) is 4.62. The molecule has 1 aliphatic carbocycles. The maximum Gasteiger partial charge on any atom is 0.262 e. The van der Waals surface area contributed by atoms with Crippen molar-refractivity contribution in [1.29, 1.82) is 0 Å². The third-order valence-corrected chi connectivity index (χ3v) is 4.71. The fraction of sp³-hybridized carbons (Fsp3) is 0.545. The van der Waals surface area contributed by atoms with Gasteiger partial charge >= 0.3 is 0 Å². The summed E-state index contributed by atoms with van der Waals surface area (Å²) in [5.74, 6) is -2.73. The Morgan fingerprint density at radius 3 is 2.65 bits per heavy atom. The molecule has 0 aromatic carbocycles. The van der Waals surface area contributed by atoms with Gasteiger partial charge in [0.1, 0.15) is 4.88 Å². The van der Waals surface area contributed by atoms with Crippen LogP contribution in [0.5, 0.6) is 0 Å². The fourth-order valence-corrected chi connectivity index (χ4v) is 3.35. The van der Waals surface area contributed by atoms with Gasteiger partial charge < -0.3 is 5.32 Å². The largest absolute Gasteiger partial charge is 0.349 e. The molecule has 0 atom stereocenters. The number of alkyl halides is 2. The molecule has 0 bridgehead atoms. The van der Waals surface area contributed by atoms with E-state index in [1.54, 1.807) is 6.07 Å². The van der Waals surface area contributed by atoms with Crippen molar-refractivity contribution in [2.75, 3.05) is 0 Å². The van der Waals surface area contributed by atoms with Crippen LogP contribution in [0.15, 0.2) is 15.9 Å². The molecule has 0 radical (unpaired) electrons. The smallest absolute Gasteiger partial charge is 0.262 e. The minimum Gasteiger partial charge on any atom is -0.349 e. The van der Waals surface area contributed by atoms with E-state index in [0.717, 1.165) is 4.47 Å². The number of halogens is 3. The van der Waals surface area contributed by atoms with Crippen LogP contribution < -0.4 is 5.32 Å². The summed E-state index contributed by atoms with van der Waals surface area (Å²) in [7, 11) is 0. The van der Waals surface area contributed by atoms with E-state index >= 15 is 0 Å². The summed E-state index contributed by atoms with van der Waals surface area (Å²) < 4.78 is 26.6. The van der Waals surface area contributed by atoms with Gasteiger partial charge in [-0.2, -0.15) is 0 Å². The highest BCUT2D eigenvalue weighted by atomic mass is 79.9. The minimum absolute atomic E-state index is 0.129. The van der Waals surface area contributed by atoms with Crippen molar-refractivity contribution in [3.8, 4) is 0 Å². The van der Waals surface area contributed by atoms with Crippen LogP contribution in [-0.2, 0) is 0 Å². The molecule has 1 aromatic heterocycles. The van der Waals surface area contributed by atoms with Gasteiger partial charge in [0.2, 0.25) is 5.92 Å². The number of hydrogen-bond acceptors (Lipinski definition) is 2. The van der Waals surface area contributed by atoms with Crippen LogP contribution >= 0.6 is 27.3 Å². The molecule has 1 amide bonds. The molecule has 94 valence electrons. The van der Waals surface area contributed by atoms with Gasteiger partial charge in [0.25, 0.3) is 5.91 Å². The van der Waals surface area contributed by atoms with Crippen LogP contribution in [0, 0.1) is 0 Å². The quantitative estimate of drug-likeness (QED) is 0.880. The van der Waals surface area contributed by atoms with Crippen molar-refractivity contribution >= 4 is 33.2 Å². The highest BCUT2D eigenvalue weighted by molar-refractivity contribution is 9.10. The van der Waals surface area contributed by atoms with Crippen LogP contribution in [0.1, 0.15) is 35.4 Å². The van der Waals surface area contributed by atoms with Crippen molar-refractivity contribution in [1.82, 2.24) is 5.32 Å². The Labute approximate surface area is 111 Å². The topological polar surface area (TPSA) is 29.1 Å². The number of rotatable bonds is 2. The molecular formula is C11H12BrF2NOS. The van der Waals surface area contributed by atoms with Gasteiger partial charge in [-0.05, 0) is 40.2 Å². The van der Waals surface area contributed by atoms with Gasteiger partial charge in [0, 0.05) is 23.4 Å². The number of carbonyl (C=O) groups is 1. The Morgan fingerprint density at radius 2 is 2.12 bits per heavy atom. The van der Waals surface area contributed by atoms with Crippen LogP contribution in [0.4, 0.5) is 8.78 Å². The van der Waals surface area contributed by atoms with Crippen molar-refractivity contribution < 1.29 is 13.6 Å². The summed E-state index contributed by atoms with van der Waals surface area (Å²) in [6.45, 7) is 0. The zero-order chi connectivity index (χ0) is 12.5. The molecule has 1 aliphatic rings. The SMILES string of the molecule is O=C(NC1CCC(F)(F)CC1)c1sccc1Br. The maximum absolute atomic E-state index is 12.9. The number of hydrogen-bond donors (Lipinski definition) is 1. The molecule has 2 nitrogen and oxygen atoms in total. The first-order valence-electron chi connectivity index (χ1n) is 5.40. The third kappa shape index (κ3) is 3.25. The van der Waals surface area contributed by atoms with E-state index in [1.165, 1.54) is 11.3 Å². The average molecular weight is 324 g/mol. The van der Waals surface area contributed by atoms with Crippen LogP contribution in [0.2, 0.25) is 0 Å². The van der Waals surface area contributed by atoms with Gasteiger partial charge in [-0.15, -0.1) is 11.3 Å². The molecular weight excluding hydrogens is 312 g/mol. The Balaban J connectivity index is 1.91. The van der Waals surface area contributed by atoms with Crippen LogP contribution in [-0.4, -0.2) is 17.9 Å². The molecule has 0 spiro atoms. The van der Waals surface area contributed by atoms with Gasteiger partial charge in [0.15, 0.2) is 0 Å². The second kappa shape index (κ2) is 5.02. The van der Waals surface area contributed by atoms with E-state index in [9.17, 15) is 13.6 Å². The lowest BCUT2D eigenvalue weighted by atomic mass is 9.92. The van der Waals surface area contributed by atoms with Gasteiger partial charge in [0.05, 0.1) is 0 Å². The fourth-order valence-electron chi connectivity index (χ4n) is 1.89. The highest BCUT2D eigenvalue weighted by Gasteiger charge is 2.35. The number of nitrogens with one attached hydrogen (secondary N) is 1. The zero-order valence-electron chi connectivity index (χ0n) is 9.01. The van der Waals surface area contributed by atoms with Crippen molar-refractivity contribution in [3.05, 3.63) is 20.8 Å². The molecule has 17 heavy (non-hydrogen) atoms. The molecule has 0 aliphatic heterocycles. The number of amides is 1. The first kappa shape index (κ1) is 13.0. The molecule has 6 heteroatoms. The third-order valence-electron chi connectivity index (χ3n) is 2.88. The summed E-state index contributed by atoms with van der Waals surface area (Å²) in [4.78, 5) is 12.4. The Hall–Kier alpha value is -0.490. The van der Waals surface area contributed by atoms with Crippen molar-refractivity contribution in [3.63, 3.8) is 0 Å². The number of carbonyl (C=O) groups excluding carboxylic acids is 1. The molecule has 1 fully saturated rings. The lowest BCUT2D eigenvalue weighted by Gasteiger charge is -2.28. The van der Waals surface area contributed by atoms with Gasteiger partial charge in [-0.25, -0.2) is 8.78 Å². The van der Waals surface area contributed by atoms with Crippen molar-refractivity contribution in [2.45, 2.75) is 37.6 Å².